The number of nitrogens with one attached hydrogen (secondary N) is 1. The summed E-state index contributed by atoms with van der Waals surface area (Å²) in [5.74, 6) is -1.62. The summed E-state index contributed by atoms with van der Waals surface area (Å²) < 4.78 is 5.41. The Morgan fingerprint density at radius 2 is 1.81 bits per heavy atom. The van der Waals surface area contributed by atoms with Crippen molar-refractivity contribution in [2.45, 2.75) is 26.2 Å². The number of amides is 1. The van der Waals surface area contributed by atoms with Crippen LogP contribution in [0.4, 0.5) is 0 Å². The van der Waals surface area contributed by atoms with Gasteiger partial charge in [-0.15, -0.1) is 0 Å². The van der Waals surface area contributed by atoms with Crippen molar-refractivity contribution < 1.29 is 14.3 Å². The standard InChI is InChI=1S/C25H25N3O3S/c1-3-16-10-12-17(13-11-16)21-19(14-26)24(32-15-20(27)29)28-23(18-8-6-5-7-9-18)22(21)25(30)31-4-2/h5-13,21,28H,3-4,15H2,1-2H3,(H2,27,29). The second-order valence-electron chi connectivity index (χ2n) is 7.14. The van der Waals surface area contributed by atoms with Gasteiger partial charge in [0.1, 0.15) is 0 Å². The number of nitrogens with two attached hydrogens (primary N) is 1. The maximum absolute atomic E-state index is 13.2. The molecule has 2 aromatic carbocycles. The molecule has 164 valence electrons. The van der Waals surface area contributed by atoms with Gasteiger partial charge >= 0.3 is 5.97 Å². The fraction of sp³-hybridized carbons (Fsp3) is 0.240. The van der Waals surface area contributed by atoms with Crippen molar-refractivity contribution in [1.82, 2.24) is 5.32 Å². The second-order valence-corrected chi connectivity index (χ2v) is 8.12. The van der Waals surface area contributed by atoms with E-state index in [9.17, 15) is 14.9 Å². The molecule has 2 aromatic rings. The Balaban J connectivity index is 2.26. The fourth-order valence-electron chi connectivity index (χ4n) is 3.58. The van der Waals surface area contributed by atoms with Crippen LogP contribution in [0.25, 0.3) is 5.70 Å². The fourth-order valence-corrected chi connectivity index (χ4v) is 4.36. The zero-order valence-electron chi connectivity index (χ0n) is 18.1. The van der Waals surface area contributed by atoms with Gasteiger partial charge in [0.05, 0.1) is 46.2 Å². The van der Waals surface area contributed by atoms with Gasteiger partial charge in [-0.3, -0.25) is 4.79 Å². The molecule has 0 bridgehead atoms. The van der Waals surface area contributed by atoms with E-state index in [-0.39, 0.29) is 12.4 Å². The number of nitriles is 1. The van der Waals surface area contributed by atoms with Crippen LogP contribution in [-0.4, -0.2) is 24.2 Å². The molecule has 0 saturated carbocycles. The number of hydrogen-bond acceptors (Lipinski definition) is 6. The first-order chi connectivity index (χ1) is 15.5. The van der Waals surface area contributed by atoms with Gasteiger partial charge in [0.25, 0.3) is 0 Å². The molecule has 0 radical (unpaired) electrons. The third-order valence-corrected chi connectivity index (χ3v) is 6.13. The van der Waals surface area contributed by atoms with E-state index in [0.29, 0.717) is 21.9 Å². The zero-order valence-corrected chi connectivity index (χ0v) is 18.9. The van der Waals surface area contributed by atoms with Crippen molar-refractivity contribution in [1.29, 1.82) is 5.26 Å². The topological polar surface area (TPSA) is 105 Å². The van der Waals surface area contributed by atoms with E-state index in [1.54, 1.807) is 6.92 Å². The monoisotopic (exact) mass is 447 g/mol. The molecular formula is C25H25N3O3S. The number of benzene rings is 2. The highest BCUT2D eigenvalue weighted by Gasteiger charge is 2.37. The molecule has 0 aliphatic carbocycles. The average Bonchev–Trinajstić information content (AvgIpc) is 2.82. The smallest absolute Gasteiger partial charge is 0.337 e. The lowest BCUT2D eigenvalue weighted by atomic mass is 9.81. The van der Waals surface area contributed by atoms with Gasteiger partial charge in [-0.05, 0) is 30.0 Å². The van der Waals surface area contributed by atoms with Gasteiger partial charge in [0, 0.05) is 0 Å². The van der Waals surface area contributed by atoms with Crippen LogP contribution in [-0.2, 0) is 20.7 Å². The van der Waals surface area contributed by atoms with Gasteiger partial charge in [-0.25, -0.2) is 4.79 Å². The number of primary amides is 1. The predicted molar refractivity (Wildman–Crippen MR) is 126 cm³/mol. The van der Waals surface area contributed by atoms with E-state index in [0.717, 1.165) is 34.9 Å². The maximum atomic E-state index is 13.2. The molecule has 1 unspecified atom stereocenters. The first kappa shape index (κ1) is 23.2. The van der Waals surface area contributed by atoms with Gasteiger partial charge < -0.3 is 15.8 Å². The molecule has 7 heteroatoms. The van der Waals surface area contributed by atoms with Crippen molar-refractivity contribution in [2.24, 2.45) is 5.73 Å². The molecule has 32 heavy (non-hydrogen) atoms. The highest BCUT2D eigenvalue weighted by atomic mass is 32.2. The maximum Gasteiger partial charge on any atom is 0.337 e. The highest BCUT2D eigenvalue weighted by molar-refractivity contribution is 8.03. The number of esters is 1. The molecular weight excluding hydrogens is 422 g/mol. The third kappa shape index (κ3) is 5.04. The van der Waals surface area contributed by atoms with E-state index < -0.39 is 17.8 Å². The van der Waals surface area contributed by atoms with Crippen molar-refractivity contribution >= 4 is 29.3 Å². The van der Waals surface area contributed by atoms with Gasteiger partial charge in [0.2, 0.25) is 5.91 Å². The summed E-state index contributed by atoms with van der Waals surface area (Å²) in [4.78, 5) is 24.6. The highest BCUT2D eigenvalue weighted by Crippen LogP contribution is 2.43. The van der Waals surface area contributed by atoms with Crippen LogP contribution in [0.1, 0.15) is 36.5 Å². The molecule has 1 atom stereocenters. The number of thioether (sulfide) groups is 1. The zero-order chi connectivity index (χ0) is 23.1. The molecule has 3 N–H and O–H groups in total. The number of rotatable bonds is 8. The number of allylic oxidation sites excluding steroid dienone is 1. The van der Waals surface area contributed by atoms with Crippen LogP contribution in [0, 0.1) is 11.3 Å². The minimum Gasteiger partial charge on any atom is -0.463 e. The second kappa shape index (κ2) is 10.7. The summed E-state index contributed by atoms with van der Waals surface area (Å²) in [7, 11) is 0. The molecule has 0 aromatic heterocycles. The Labute approximate surface area is 192 Å². The first-order valence-electron chi connectivity index (χ1n) is 10.4. The predicted octanol–water partition coefficient (Wildman–Crippen LogP) is 3.86. The number of ether oxygens (including phenoxy) is 1. The Morgan fingerprint density at radius 1 is 1.12 bits per heavy atom. The van der Waals surface area contributed by atoms with Gasteiger partial charge in [-0.2, -0.15) is 5.26 Å². The van der Waals surface area contributed by atoms with E-state index in [2.05, 4.69) is 18.3 Å². The number of hydrogen-bond donors (Lipinski definition) is 2. The minimum atomic E-state index is -0.642. The summed E-state index contributed by atoms with van der Waals surface area (Å²) in [5.41, 5.74) is 9.35. The largest absolute Gasteiger partial charge is 0.463 e. The Hall–Kier alpha value is -3.50. The van der Waals surface area contributed by atoms with E-state index in [4.69, 9.17) is 10.5 Å². The molecule has 1 heterocycles. The molecule has 1 aliphatic rings. The quantitative estimate of drug-likeness (QED) is 0.595. The number of carbonyl (C=O) groups is 2. The van der Waals surface area contributed by atoms with Crippen LogP contribution in [0.5, 0.6) is 0 Å². The van der Waals surface area contributed by atoms with Crippen LogP contribution < -0.4 is 11.1 Å². The van der Waals surface area contributed by atoms with Crippen LogP contribution in [0.15, 0.2) is 70.8 Å². The number of nitrogens with zero attached hydrogens (tertiary/aromatic N) is 1. The van der Waals surface area contributed by atoms with Crippen molar-refractivity contribution in [2.75, 3.05) is 12.4 Å². The normalized spacial score (nSPS) is 15.7. The lowest BCUT2D eigenvalue weighted by Gasteiger charge is -2.30. The van der Waals surface area contributed by atoms with Gasteiger partial charge in [0.15, 0.2) is 0 Å². The summed E-state index contributed by atoms with van der Waals surface area (Å²) in [5, 5.41) is 13.8. The molecule has 1 aliphatic heterocycles. The van der Waals surface area contributed by atoms with Crippen molar-refractivity contribution in [3.63, 3.8) is 0 Å². The summed E-state index contributed by atoms with van der Waals surface area (Å²) >= 11 is 1.15. The molecule has 0 spiro atoms. The van der Waals surface area contributed by atoms with Crippen LogP contribution in [0.3, 0.4) is 0 Å². The van der Waals surface area contributed by atoms with E-state index in [1.165, 1.54) is 0 Å². The van der Waals surface area contributed by atoms with Gasteiger partial charge in [-0.1, -0.05) is 73.3 Å². The molecule has 6 nitrogen and oxygen atoms in total. The van der Waals surface area contributed by atoms with E-state index in [1.807, 2.05) is 54.6 Å². The van der Waals surface area contributed by atoms with Crippen LogP contribution in [0.2, 0.25) is 0 Å². The van der Waals surface area contributed by atoms with Crippen molar-refractivity contribution in [3.8, 4) is 6.07 Å². The first-order valence-corrected chi connectivity index (χ1v) is 11.4. The molecule has 0 fully saturated rings. The molecule has 3 rings (SSSR count). The van der Waals surface area contributed by atoms with E-state index >= 15 is 0 Å². The SMILES string of the molecule is CCOC(=O)C1=C(c2ccccc2)NC(SCC(N)=O)=C(C#N)C1c1ccc(CC)cc1. The van der Waals surface area contributed by atoms with Crippen molar-refractivity contribution in [3.05, 3.63) is 87.5 Å². The Morgan fingerprint density at radius 3 is 2.38 bits per heavy atom. The summed E-state index contributed by atoms with van der Waals surface area (Å²) in [6.45, 7) is 4.02. The third-order valence-electron chi connectivity index (χ3n) is 5.09. The minimum absolute atomic E-state index is 0.00577. The lowest BCUT2D eigenvalue weighted by molar-refractivity contribution is -0.138. The molecule has 1 amide bonds. The molecule has 0 saturated heterocycles. The average molecular weight is 448 g/mol. The Bertz CT molecular complexity index is 1100. The van der Waals surface area contributed by atoms with Crippen LogP contribution >= 0.6 is 11.8 Å². The summed E-state index contributed by atoms with van der Waals surface area (Å²) in [6, 6.07) is 19.5. The summed E-state index contributed by atoms with van der Waals surface area (Å²) in [6.07, 6.45) is 0.878. The number of carbonyl (C=O) groups excluding carboxylic acids is 2. The number of aryl methyl sites for hydroxylation is 1. The lowest BCUT2D eigenvalue weighted by Crippen LogP contribution is -2.29. The number of dihydropyridines is 1. The Kier molecular flexibility index (Phi) is 7.74.